The third kappa shape index (κ3) is 16.3. The molecule has 9 atom stereocenters. The fourth-order valence-electron chi connectivity index (χ4n) is 7.43. The third-order valence-corrected chi connectivity index (χ3v) is 14.6. The average Bonchev–Trinajstić information content (AvgIpc) is 4.02. The van der Waals surface area contributed by atoms with Gasteiger partial charge >= 0.3 is 356 Å². The first kappa shape index (κ1) is 57.8. The number of hydrogen-bond acceptors (Lipinski definition) is 25. The molecule has 2 saturated heterocycles. The summed E-state index contributed by atoms with van der Waals surface area (Å²) in [4.78, 5) is 113. The monoisotopic (exact) mass is 1120 g/mol. The Morgan fingerprint density at radius 1 is 1.07 bits per heavy atom. The first-order chi connectivity index (χ1) is 34.9. The summed E-state index contributed by atoms with van der Waals surface area (Å²) >= 11 is 0. The van der Waals surface area contributed by atoms with Crippen LogP contribution in [0.3, 0.4) is 0 Å². The van der Waals surface area contributed by atoms with Crippen LogP contribution in [0, 0.1) is 0 Å². The van der Waals surface area contributed by atoms with E-state index in [0.717, 1.165) is 10.9 Å². The number of alkyl carbamates (subject to hydrolysis) is 2. The smallest absolute Gasteiger partial charge is 0.445 e. The van der Waals surface area contributed by atoms with Crippen molar-refractivity contribution in [2.45, 2.75) is 107 Å². The molecule has 0 unspecified atom stereocenters. The van der Waals surface area contributed by atoms with Gasteiger partial charge in [0.15, 0.2) is 0 Å². The van der Waals surface area contributed by atoms with Crippen molar-refractivity contribution >= 4 is 84.2 Å². The van der Waals surface area contributed by atoms with Crippen molar-refractivity contribution in [2.75, 3.05) is 37.5 Å². The van der Waals surface area contributed by atoms with Gasteiger partial charge in [0.2, 0.25) is 0 Å². The molecule has 2 amide bonds. The minimum Gasteiger partial charge on any atom is -0.445 e. The van der Waals surface area contributed by atoms with Crippen LogP contribution in [-0.2, 0) is 53.2 Å². The van der Waals surface area contributed by atoms with Crippen LogP contribution >= 0.6 is 37.6 Å². The zero-order chi connectivity index (χ0) is 54.0. The zero-order valence-corrected chi connectivity index (χ0v) is 43.3. The number of aromatic nitrogens is 6. The number of aliphatic hydroxyl groups excluding tert-OH is 1. The van der Waals surface area contributed by atoms with Crippen molar-refractivity contribution < 1.29 is 80.9 Å². The maximum atomic E-state index is 14.3. The molecule has 0 saturated carbocycles. The van der Waals surface area contributed by atoms with Crippen LogP contribution in [0.5, 0.6) is 0 Å². The Balaban J connectivity index is 1.20. The second-order valence-electron chi connectivity index (χ2n) is 17.2. The summed E-state index contributed by atoms with van der Waals surface area (Å²) in [5.41, 5.74) is 19.5. The van der Waals surface area contributed by atoms with E-state index in [1.165, 1.54) is 44.7 Å². The van der Waals surface area contributed by atoms with Gasteiger partial charge in [0.1, 0.15) is 6.61 Å². The topological polar surface area (TPSA) is 447 Å². The molecule has 74 heavy (non-hydrogen) atoms. The number of rotatable bonds is 23. The minimum absolute atomic E-state index is 0.0214. The van der Waals surface area contributed by atoms with E-state index in [1.807, 2.05) is 0 Å². The predicted molar refractivity (Wildman–Crippen MR) is 263 cm³/mol. The average molecular weight is 1120 g/mol. The molecule has 0 radical (unpaired) electrons. The summed E-state index contributed by atoms with van der Waals surface area (Å²) in [7, 11) is -7.82. The Bertz CT molecular complexity index is 2760. The number of ether oxygens (including phenoxy) is 5. The molecule has 0 spiro atoms. The number of phosphoric ester groups is 1. The summed E-state index contributed by atoms with van der Waals surface area (Å²) in [6.45, 7) is 2.88. The number of esters is 1. The van der Waals surface area contributed by atoms with Crippen molar-refractivity contribution in [2.24, 2.45) is 5.11 Å². The normalized spacial score (nSPS) is 22.1. The number of azide groups is 1. The molecule has 35 heteroatoms. The summed E-state index contributed by atoms with van der Waals surface area (Å²) in [6.07, 6.45) is -7.44. The maximum absolute atomic E-state index is 14.3. The van der Waals surface area contributed by atoms with Crippen molar-refractivity contribution in [1.82, 2.24) is 39.7 Å². The summed E-state index contributed by atoms with van der Waals surface area (Å²) in [5.74, 6) is -1.25. The van der Waals surface area contributed by atoms with Gasteiger partial charge in [-0.05, 0) is 17.4 Å². The molecule has 2 aliphatic heterocycles. The minimum atomic E-state index is -5.43. The first-order valence-corrected chi connectivity index (χ1v) is 28.0. The van der Waals surface area contributed by atoms with Crippen LogP contribution < -0.4 is 27.8 Å². The molecule has 2 fully saturated rings. The van der Waals surface area contributed by atoms with Crippen LogP contribution in [0.1, 0.15) is 58.1 Å². The van der Waals surface area contributed by atoms with E-state index in [4.69, 9.17) is 49.7 Å². The molecule has 2 aliphatic rings. The Kier molecular flexibility index (Phi) is 19.8. The number of fused-ring (bicyclic) bond motifs is 1. The standard InChI is InChI=1S/C39H55N13O18P2S2/c1-39(2,3)69-38(57)47-23(10-9-21(74-73-4)14-43-37(56)63-15-20-7-5-6-8-22(20)49-50-42)35(54)68-31-26(67-34(30(31)53)52-19-46-29-32(41)44-18-45-33(29)52)17-65-72(61,62)70-24-13-28(51-12-11-27(40)48-36(51)55)66-25(24)16-64-71(58,59)60/h5-8,11-12,18-19,21,23-26,28,30-31,34,53,61-62,72H,9-10,13-17H2,1-4H3,(H,43,56)(H,47,57)(H2,40,48,55)(H2,41,44,45)(H2,58,59,60)/t21-,23-,24-,25+,26+,28+,30+,31+,34+/m0/s1. The Labute approximate surface area is 428 Å². The quantitative estimate of drug-likeness (QED) is 0.00980. The number of benzene rings is 1. The summed E-state index contributed by atoms with van der Waals surface area (Å²) in [6, 6.07) is 6.33. The van der Waals surface area contributed by atoms with E-state index in [9.17, 15) is 48.4 Å². The van der Waals surface area contributed by atoms with E-state index >= 15 is 0 Å². The van der Waals surface area contributed by atoms with Crippen LogP contribution in [0.2, 0.25) is 0 Å². The van der Waals surface area contributed by atoms with Gasteiger partial charge in [0.25, 0.3) is 0 Å². The van der Waals surface area contributed by atoms with Gasteiger partial charge in [0, 0.05) is 10.6 Å². The van der Waals surface area contributed by atoms with Crippen molar-refractivity contribution in [3.8, 4) is 0 Å². The fraction of sp³-hybridized carbons (Fsp3) is 0.538. The van der Waals surface area contributed by atoms with Crippen molar-refractivity contribution in [3.05, 3.63) is 75.7 Å². The van der Waals surface area contributed by atoms with Crippen LogP contribution in [0.4, 0.5) is 26.9 Å². The summed E-state index contributed by atoms with van der Waals surface area (Å²) in [5, 5.41) is 20.3. The van der Waals surface area contributed by atoms with E-state index in [0.29, 0.717) is 5.56 Å². The van der Waals surface area contributed by atoms with Crippen LogP contribution in [0.25, 0.3) is 21.6 Å². The Morgan fingerprint density at radius 3 is 2.53 bits per heavy atom. The molecule has 6 rings (SSSR count). The van der Waals surface area contributed by atoms with Gasteiger partial charge in [0.05, 0.1) is 0 Å². The predicted octanol–water partition coefficient (Wildman–Crippen LogP) is 2.53. The molecule has 31 nitrogen and oxygen atoms in total. The number of aliphatic hydroxyl groups is 1. The number of hydrogen-bond donors (Lipinski definition) is 9. The second-order valence-corrected chi connectivity index (χ2v) is 22.8. The molecule has 0 aliphatic carbocycles. The van der Waals surface area contributed by atoms with E-state index in [2.05, 4.69) is 45.1 Å². The van der Waals surface area contributed by atoms with E-state index < -0.39 is 113 Å². The molecule has 5 heterocycles. The number of phosphoric acid groups is 1. The number of anilines is 2. The number of nitrogens with zero attached hydrogens (tertiary/aromatic N) is 9. The van der Waals surface area contributed by atoms with Gasteiger partial charge in [-0.2, -0.15) is 0 Å². The molecule has 1 aromatic carbocycles. The van der Waals surface area contributed by atoms with Gasteiger partial charge in [-0.15, -0.1) is 0 Å². The number of nitrogens with one attached hydrogen (secondary N) is 2. The van der Waals surface area contributed by atoms with Crippen molar-refractivity contribution in [3.63, 3.8) is 0 Å². The van der Waals surface area contributed by atoms with Crippen molar-refractivity contribution in [1.29, 1.82) is 0 Å². The molecule has 3 aromatic heterocycles. The summed E-state index contributed by atoms with van der Waals surface area (Å²) < 4.78 is 58.1. The number of carbonyl (C=O) groups excluding carboxylic acids is 3. The molecular weight excluding hydrogens is 1060 g/mol. The van der Waals surface area contributed by atoms with E-state index in [1.54, 1.807) is 51.3 Å². The number of amides is 2. The number of nitrogen functional groups attached to an aromatic ring is 2. The van der Waals surface area contributed by atoms with Crippen LogP contribution in [0.15, 0.2) is 59.1 Å². The Hall–Kier alpha value is -5.47. The fourth-order valence-corrected chi connectivity index (χ4v) is 10.8. The molecule has 0 bridgehead atoms. The first-order valence-electron chi connectivity index (χ1n) is 22.1. The molecule has 11 N–H and O–H groups in total. The SMILES string of the molecule is CSS[C@@H](CC[C@H](NC(=O)OC(C)(C)C)C(=O)O[C@H]1[C@@H](O)[C@H](n2cnc3c(N)ncnc32)O[C@@H]1CO[PH](O)(O)O[C@H]1C[C@H](n2ccc(N)nc2=O)O[C@@H]1COP(=O)(O)O)CNC(=O)OCc1ccccc1N=[N+]=[N-]. The van der Waals surface area contributed by atoms with E-state index in [-0.39, 0.29) is 60.9 Å². The molecule has 4 aromatic rings. The Morgan fingerprint density at radius 2 is 1.82 bits per heavy atom. The van der Waals surface area contributed by atoms with Gasteiger partial charge in [-0.3, -0.25) is 0 Å². The zero-order valence-electron chi connectivity index (χ0n) is 39.8. The number of nitrogens with two attached hydrogens (primary N) is 2. The third-order valence-electron chi connectivity index (χ3n) is 10.7. The molecular formula is C39H55N13O18P2S2. The number of imidazole rings is 1. The second kappa shape index (κ2) is 25.4. The van der Waals surface area contributed by atoms with Crippen LogP contribution in [-0.4, -0.2) is 145 Å². The van der Waals surface area contributed by atoms with Gasteiger partial charge in [-0.1, -0.05) is 29.4 Å². The number of carbonyl (C=O) groups is 3. The van der Waals surface area contributed by atoms with Gasteiger partial charge in [-0.25, -0.2) is 4.79 Å². The van der Waals surface area contributed by atoms with Gasteiger partial charge < -0.3 is 4.74 Å². The molecule has 406 valence electrons.